The topological polar surface area (TPSA) is 85.8 Å². The third kappa shape index (κ3) is 3.53. The van der Waals surface area contributed by atoms with E-state index in [1.54, 1.807) is 31.2 Å². The largest absolute Gasteiger partial charge is 0.448 e. The SMILES string of the molecule is CC(O)CC1CC(O)OC(c2ccc(C#N)cc2)=N1. The van der Waals surface area contributed by atoms with Crippen molar-refractivity contribution in [2.45, 2.75) is 38.2 Å². The first-order valence-electron chi connectivity index (χ1n) is 6.19. The second-order valence-corrected chi connectivity index (χ2v) is 4.67. The van der Waals surface area contributed by atoms with E-state index in [9.17, 15) is 10.2 Å². The van der Waals surface area contributed by atoms with E-state index in [4.69, 9.17) is 10.00 Å². The molecule has 1 aliphatic rings. The summed E-state index contributed by atoms with van der Waals surface area (Å²) in [6.07, 6.45) is -0.515. The molecule has 0 aliphatic carbocycles. The first kappa shape index (κ1) is 13.5. The monoisotopic (exact) mass is 260 g/mol. The summed E-state index contributed by atoms with van der Waals surface area (Å²) in [5, 5.41) is 27.8. The quantitative estimate of drug-likeness (QED) is 0.854. The van der Waals surface area contributed by atoms with E-state index in [0.717, 1.165) is 0 Å². The smallest absolute Gasteiger partial charge is 0.218 e. The molecule has 3 atom stereocenters. The Hall–Kier alpha value is -1.90. The van der Waals surface area contributed by atoms with Crippen molar-refractivity contribution in [3.05, 3.63) is 35.4 Å². The average molecular weight is 260 g/mol. The molecular formula is C14H16N2O3. The highest BCUT2D eigenvalue weighted by Crippen LogP contribution is 2.20. The number of aliphatic hydroxyl groups is 2. The molecule has 3 unspecified atom stereocenters. The van der Waals surface area contributed by atoms with Gasteiger partial charge in [0.1, 0.15) is 0 Å². The Balaban J connectivity index is 2.21. The zero-order valence-corrected chi connectivity index (χ0v) is 10.7. The van der Waals surface area contributed by atoms with Gasteiger partial charge in [0.25, 0.3) is 0 Å². The van der Waals surface area contributed by atoms with E-state index >= 15 is 0 Å². The summed E-state index contributed by atoms with van der Waals surface area (Å²) >= 11 is 0. The van der Waals surface area contributed by atoms with Gasteiger partial charge in [0.05, 0.1) is 23.8 Å². The van der Waals surface area contributed by atoms with Crippen molar-refractivity contribution in [3.8, 4) is 6.07 Å². The van der Waals surface area contributed by atoms with Gasteiger partial charge in [-0.15, -0.1) is 0 Å². The molecule has 5 nitrogen and oxygen atoms in total. The van der Waals surface area contributed by atoms with Gasteiger partial charge in [-0.25, -0.2) is 4.99 Å². The van der Waals surface area contributed by atoms with Gasteiger partial charge in [0.2, 0.25) is 12.2 Å². The van der Waals surface area contributed by atoms with Crippen LogP contribution in [0.2, 0.25) is 0 Å². The van der Waals surface area contributed by atoms with Crippen molar-refractivity contribution < 1.29 is 14.9 Å². The Morgan fingerprint density at radius 2 is 2.16 bits per heavy atom. The van der Waals surface area contributed by atoms with Crippen LogP contribution in [0.3, 0.4) is 0 Å². The minimum Gasteiger partial charge on any atom is -0.448 e. The number of hydrogen-bond acceptors (Lipinski definition) is 5. The predicted octanol–water partition coefficient (Wildman–Crippen LogP) is 1.18. The Bertz CT molecular complexity index is 502. The first-order chi connectivity index (χ1) is 9.08. The summed E-state index contributed by atoms with van der Waals surface area (Å²) in [4.78, 5) is 4.39. The van der Waals surface area contributed by atoms with Crippen molar-refractivity contribution >= 4 is 5.90 Å². The van der Waals surface area contributed by atoms with Gasteiger partial charge in [0.15, 0.2) is 0 Å². The van der Waals surface area contributed by atoms with Gasteiger partial charge in [-0.3, -0.25) is 0 Å². The van der Waals surface area contributed by atoms with Crippen LogP contribution in [0.15, 0.2) is 29.3 Å². The molecule has 1 aromatic carbocycles. The Morgan fingerprint density at radius 3 is 2.74 bits per heavy atom. The van der Waals surface area contributed by atoms with Gasteiger partial charge in [-0.2, -0.15) is 5.26 Å². The van der Waals surface area contributed by atoms with Crippen molar-refractivity contribution in [1.82, 2.24) is 0 Å². The summed E-state index contributed by atoms with van der Waals surface area (Å²) in [5.41, 5.74) is 1.27. The van der Waals surface area contributed by atoms with Gasteiger partial charge in [-0.05, 0) is 37.6 Å². The summed E-state index contributed by atoms with van der Waals surface area (Å²) in [7, 11) is 0. The fourth-order valence-corrected chi connectivity index (χ4v) is 2.03. The summed E-state index contributed by atoms with van der Waals surface area (Å²) in [6.45, 7) is 1.69. The molecule has 5 heteroatoms. The lowest BCUT2D eigenvalue weighted by molar-refractivity contribution is -0.0488. The standard InChI is InChI=1S/C14H16N2O3/c1-9(17)6-12-7-13(18)19-14(16-12)11-4-2-10(8-15)3-5-11/h2-5,9,12-13,17-18H,6-7H2,1H3. The molecule has 2 rings (SSSR count). The van der Waals surface area contributed by atoms with Crippen LogP contribution >= 0.6 is 0 Å². The lowest BCUT2D eigenvalue weighted by Crippen LogP contribution is -2.31. The minimum atomic E-state index is -0.910. The number of aliphatic imine (C=N–C) groups is 1. The maximum Gasteiger partial charge on any atom is 0.218 e. The van der Waals surface area contributed by atoms with Crippen LogP contribution in [0.5, 0.6) is 0 Å². The molecule has 100 valence electrons. The third-order valence-corrected chi connectivity index (χ3v) is 2.90. The number of ether oxygens (including phenoxy) is 1. The van der Waals surface area contributed by atoms with Crippen LogP contribution in [0.25, 0.3) is 0 Å². The molecule has 0 bridgehead atoms. The number of nitriles is 1. The fraction of sp³-hybridized carbons (Fsp3) is 0.429. The maximum atomic E-state index is 9.69. The Kier molecular flexibility index (Phi) is 4.15. The van der Waals surface area contributed by atoms with Gasteiger partial charge < -0.3 is 14.9 Å². The van der Waals surface area contributed by atoms with E-state index in [0.29, 0.717) is 29.9 Å². The number of rotatable bonds is 3. The summed E-state index contributed by atoms with van der Waals surface area (Å²) in [6, 6.07) is 8.69. The minimum absolute atomic E-state index is 0.158. The molecule has 0 fully saturated rings. The maximum absolute atomic E-state index is 9.69. The highest BCUT2D eigenvalue weighted by Gasteiger charge is 2.25. The Morgan fingerprint density at radius 1 is 1.47 bits per heavy atom. The number of aliphatic hydroxyl groups excluding tert-OH is 2. The lowest BCUT2D eigenvalue weighted by atomic mass is 10.1. The molecule has 0 saturated heterocycles. The molecule has 1 aliphatic heterocycles. The van der Waals surface area contributed by atoms with E-state index in [-0.39, 0.29) is 6.04 Å². The van der Waals surface area contributed by atoms with E-state index in [2.05, 4.69) is 4.99 Å². The molecule has 0 spiro atoms. The molecular weight excluding hydrogens is 244 g/mol. The normalized spacial score (nSPS) is 24.0. The van der Waals surface area contributed by atoms with Crippen LogP contribution < -0.4 is 0 Å². The third-order valence-electron chi connectivity index (χ3n) is 2.90. The van der Waals surface area contributed by atoms with Crippen molar-refractivity contribution in [1.29, 1.82) is 5.26 Å². The molecule has 1 aromatic rings. The van der Waals surface area contributed by atoms with Crippen molar-refractivity contribution in [2.75, 3.05) is 0 Å². The van der Waals surface area contributed by atoms with Gasteiger partial charge in [0, 0.05) is 12.0 Å². The molecule has 0 amide bonds. The van der Waals surface area contributed by atoms with Gasteiger partial charge in [-0.1, -0.05) is 0 Å². The zero-order valence-electron chi connectivity index (χ0n) is 10.7. The fourth-order valence-electron chi connectivity index (χ4n) is 2.03. The molecule has 2 N–H and O–H groups in total. The van der Waals surface area contributed by atoms with Crippen molar-refractivity contribution in [2.24, 2.45) is 4.99 Å². The number of benzene rings is 1. The first-order valence-corrected chi connectivity index (χ1v) is 6.19. The van der Waals surface area contributed by atoms with Crippen LogP contribution in [-0.4, -0.2) is 34.5 Å². The number of hydrogen-bond donors (Lipinski definition) is 2. The summed E-state index contributed by atoms with van der Waals surface area (Å²) in [5.74, 6) is 0.355. The highest BCUT2D eigenvalue weighted by molar-refractivity contribution is 5.94. The lowest BCUT2D eigenvalue weighted by Gasteiger charge is -2.26. The van der Waals surface area contributed by atoms with Crippen molar-refractivity contribution in [3.63, 3.8) is 0 Å². The molecule has 0 radical (unpaired) electrons. The second kappa shape index (κ2) is 5.83. The van der Waals surface area contributed by atoms with Crippen LogP contribution in [-0.2, 0) is 4.74 Å². The van der Waals surface area contributed by atoms with Gasteiger partial charge >= 0.3 is 0 Å². The van der Waals surface area contributed by atoms with E-state index in [1.165, 1.54) is 0 Å². The molecule has 19 heavy (non-hydrogen) atoms. The average Bonchev–Trinajstić information content (AvgIpc) is 2.37. The van der Waals surface area contributed by atoms with E-state index < -0.39 is 12.4 Å². The number of nitrogens with zero attached hydrogens (tertiary/aromatic N) is 2. The highest BCUT2D eigenvalue weighted by atomic mass is 16.6. The van der Waals surface area contributed by atoms with Crippen LogP contribution in [0, 0.1) is 11.3 Å². The molecule has 1 heterocycles. The second-order valence-electron chi connectivity index (χ2n) is 4.67. The zero-order chi connectivity index (χ0) is 13.8. The molecule has 0 aromatic heterocycles. The van der Waals surface area contributed by atoms with E-state index in [1.807, 2.05) is 6.07 Å². The summed E-state index contributed by atoms with van der Waals surface area (Å²) < 4.78 is 5.30. The Labute approximate surface area is 111 Å². The van der Waals surface area contributed by atoms with Crippen LogP contribution in [0.4, 0.5) is 0 Å². The van der Waals surface area contributed by atoms with Crippen LogP contribution in [0.1, 0.15) is 30.9 Å². The molecule has 0 saturated carbocycles. The predicted molar refractivity (Wildman–Crippen MR) is 69.5 cm³/mol.